The number of carbonyl (C=O) groups is 3. The highest BCUT2D eigenvalue weighted by molar-refractivity contribution is 7.91. The summed E-state index contributed by atoms with van der Waals surface area (Å²) in [5, 5.41) is 0. The molecule has 0 aliphatic carbocycles. The first-order valence-electron chi connectivity index (χ1n) is 7.79. The van der Waals surface area contributed by atoms with Gasteiger partial charge in [0.2, 0.25) is 5.91 Å². The predicted molar refractivity (Wildman–Crippen MR) is 86.3 cm³/mol. The van der Waals surface area contributed by atoms with Gasteiger partial charge in [-0.1, -0.05) is 12.1 Å². The molecule has 0 bridgehead atoms. The van der Waals surface area contributed by atoms with Gasteiger partial charge >= 0.3 is 0 Å². The van der Waals surface area contributed by atoms with Gasteiger partial charge in [-0.15, -0.1) is 0 Å². The molecular weight excluding hydrogens is 332 g/mol. The second kappa shape index (κ2) is 6.01. The number of carbonyl (C=O) groups excluding carboxylic acids is 3. The molecule has 1 saturated heterocycles. The van der Waals surface area contributed by atoms with Crippen LogP contribution < -0.4 is 0 Å². The van der Waals surface area contributed by atoms with Crippen LogP contribution in [0.25, 0.3) is 0 Å². The third kappa shape index (κ3) is 2.82. The maximum absolute atomic E-state index is 12.6. The zero-order valence-corrected chi connectivity index (χ0v) is 14.1. The van der Waals surface area contributed by atoms with Crippen molar-refractivity contribution in [2.24, 2.45) is 0 Å². The van der Waals surface area contributed by atoms with Crippen molar-refractivity contribution in [3.63, 3.8) is 0 Å². The molecule has 3 amide bonds. The van der Waals surface area contributed by atoms with E-state index in [-0.39, 0.29) is 24.1 Å². The highest BCUT2D eigenvalue weighted by atomic mass is 32.2. The molecule has 3 rings (SSSR count). The number of rotatable bonds is 4. The lowest BCUT2D eigenvalue weighted by atomic mass is 10.1. The first-order valence-corrected chi connectivity index (χ1v) is 9.61. The zero-order chi connectivity index (χ0) is 17.5. The van der Waals surface area contributed by atoms with Crippen LogP contribution in [-0.2, 0) is 14.6 Å². The van der Waals surface area contributed by atoms with Crippen LogP contribution in [-0.4, -0.2) is 66.6 Å². The fraction of sp³-hybridized carbons (Fsp3) is 0.438. The van der Waals surface area contributed by atoms with Gasteiger partial charge < -0.3 is 4.90 Å². The molecule has 1 aromatic carbocycles. The normalized spacial score (nSPS) is 21.9. The molecular formula is C16H18N2O5S. The Morgan fingerprint density at radius 2 is 1.79 bits per heavy atom. The smallest absolute Gasteiger partial charge is 0.262 e. The van der Waals surface area contributed by atoms with Gasteiger partial charge in [0, 0.05) is 12.6 Å². The molecule has 0 saturated carbocycles. The maximum Gasteiger partial charge on any atom is 0.262 e. The van der Waals surface area contributed by atoms with Crippen LogP contribution in [0.15, 0.2) is 24.3 Å². The molecule has 1 fully saturated rings. The van der Waals surface area contributed by atoms with Gasteiger partial charge in [0.05, 0.1) is 22.6 Å². The zero-order valence-electron chi connectivity index (χ0n) is 13.3. The van der Waals surface area contributed by atoms with Gasteiger partial charge in [0.15, 0.2) is 9.84 Å². The van der Waals surface area contributed by atoms with Crippen LogP contribution in [0.1, 0.15) is 34.1 Å². The summed E-state index contributed by atoms with van der Waals surface area (Å²) in [6, 6.07) is 6.05. The summed E-state index contributed by atoms with van der Waals surface area (Å²) in [7, 11) is -3.12. The number of sulfone groups is 1. The van der Waals surface area contributed by atoms with E-state index in [1.54, 1.807) is 31.2 Å². The van der Waals surface area contributed by atoms with E-state index in [0.717, 1.165) is 4.90 Å². The highest BCUT2D eigenvalue weighted by Crippen LogP contribution is 2.23. The first-order chi connectivity index (χ1) is 11.3. The number of hydrogen-bond acceptors (Lipinski definition) is 5. The summed E-state index contributed by atoms with van der Waals surface area (Å²) < 4.78 is 23.2. The molecule has 2 aliphatic heterocycles. The van der Waals surface area contributed by atoms with E-state index < -0.39 is 27.6 Å². The molecule has 2 heterocycles. The number of benzene rings is 1. The molecule has 0 N–H and O–H groups in total. The van der Waals surface area contributed by atoms with Crippen molar-refractivity contribution < 1.29 is 22.8 Å². The minimum absolute atomic E-state index is 0.0608. The number of fused-ring (bicyclic) bond motifs is 1. The molecule has 24 heavy (non-hydrogen) atoms. The fourth-order valence-corrected chi connectivity index (χ4v) is 5.00. The fourth-order valence-electron chi connectivity index (χ4n) is 3.27. The van der Waals surface area contributed by atoms with Crippen molar-refractivity contribution in [3.8, 4) is 0 Å². The number of imide groups is 1. The monoisotopic (exact) mass is 350 g/mol. The van der Waals surface area contributed by atoms with E-state index in [9.17, 15) is 22.8 Å². The van der Waals surface area contributed by atoms with Crippen molar-refractivity contribution in [2.45, 2.75) is 19.4 Å². The largest absolute Gasteiger partial charge is 0.337 e. The Morgan fingerprint density at radius 1 is 1.21 bits per heavy atom. The average molecular weight is 350 g/mol. The van der Waals surface area contributed by atoms with E-state index in [0.29, 0.717) is 24.1 Å². The van der Waals surface area contributed by atoms with Crippen molar-refractivity contribution >= 4 is 27.6 Å². The molecule has 2 aliphatic rings. The second-order valence-electron chi connectivity index (χ2n) is 5.98. The Morgan fingerprint density at radius 3 is 2.25 bits per heavy atom. The number of likely N-dealkylation sites (N-methyl/N-ethyl adjacent to an activating group) is 1. The number of hydrogen-bond donors (Lipinski definition) is 0. The maximum atomic E-state index is 12.6. The van der Waals surface area contributed by atoms with Crippen molar-refractivity contribution in [3.05, 3.63) is 35.4 Å². The van der Waals surface area contributed by atoms with Crippen LogP contribution in [0.2, 0.25) is 0 Å². The summed E-state index contributed by atoms with van der Waals surface area (Å²) in [6.07, 6.45) is 0.393. The molecule has 0 aromatic heterocycles. The SMILES string of the molecule is CCN(C(=O)CN1C(=O)c2ccccc2C1=O)C1CCS(=O)(=O)C1. The third-order valence-electron chi connectivity index (χ3n) is 4.48. The Labute approximate surface area is 140 Å². The third-order valence-corrected chi connectivity index (χ3v) is 6.23. The molecule has 128 valence electrons. The second-order valence-corrected chi connectivity index (χ2v) is 8.21. The Bertz CT molecular complexity index is 783. The molecule has 8 heteroatoms. The number of nitrogens with zero attached hydrogens (tertiary/aromatic N) is 2. The Hall–Kier alpha value is -2.22. The van der Waals surface area contributed by atoms with E-state index in [1.165, 1.54) is 4.90 Å². The van der Waals surface area contributed by atoms with Crippen molar-refractivity contribution in [1.82, 2.24) is 9.80 Å². The topological polar surface area (TPSA) is 91.8 Å². The van der Waals surface area contributed by atoms with E-state index >= 15 is 0 Å². The van der Waals surface area contributed by atoms with Gasteiger partial charge in [0.1, 0.15) is 6.54 Å². The lowest BCUT2D eigenvalue weighted by Gasteiger charge is -2.28. The molecule has 0 spiro atoms. The summed E-state index contributed by atoms with van der Waals surface area (Å²) in [4.78, 5) is 39.6. The van der Waals surface area contributed by atoms with Crippen LogP contribution in [0.3, 0.4) is 0 Å². The summed E-state index contributed by atoms with van der Waals surface area (Å²) in [5.74, 6) is -1.38. The highest BCUT2D eigenvalue weighted by Gasteiger charge is 2.39. The van der Waals surface area contributed by atoms with Crippen LogP contribution in [0.4, 0.5) is 0 Å². The van der Waals surface area contributed by atoms with E-state index in [2.05, 4.69) is 0 Å². The minimum atomic E-state index is -3.12. The quantitative estimate of drug-likeness (QED) is 0.729. The standard InChI is InChI=1S/C16H18N2O5S/c1-2-17(11-7-8-24(22,23)10-11)14(19)9-18-15(20)12-5-3-4-6-13(12)16(18)21/h3-6,11H,2,7-10H2,1H3. The van der Waals surface area contributed by atoms with Gasteiger partial charge in [-0.25, -0.2) is 8.42 Å². The predicted octanol–water partition coefficient (Wildman–Crippen LogP) is 0.318. The van der Waals surface area contributed by atoms with Gasteiger partial charge in [-0.3, -0.25) is 19.3 Å². The van der Waals surface area contributed by atoms with Crippen molar-refractivity contribution in [2.75, 3.05) is 24.6 Å². The summed E-state index contributed by atoms with van der Waals surface area (Å²) >= 11 is 0. The molecule has 1 unspecified atom stereocenters. The minimum Gasteiger partial charge on any atom is -0.337 e. The lowest BCUT2D eigenvalue weighted by Crippen LogP contribution is -2.47. The van der Waals surface area contributed by atoms with Gasteiger partial charge in [-0.2, -0.15) is 0 Å². The van der Waals surface area contributed by atoms with Crippen LogP contribution in [0.5, 0.6) is 0 Å². The van der Waals surface area contributed by atoms with E-state index in [1.807, 2.05) is 0 Å². The van der Waals surface area contributed by atoms with Crippen molar-refractivity contribution in [1.29, 1.82) is 0 Å². The molecule has 1 aromatic rings. The molecule has 7 nitrogen and oxygen atoms in total. The summed E-state index contributed by atoms with van der Waals surface area (Å²) in [5.41, 5.74) is 0.587. The summed E-state index contributed by atoms with van der Waals surface area (Å²) in [6.45, 7) is 1.73. The lowest BCUT2D eigenvalue weighted by molar-refractivity contribution is -0.133. The Balaban J connectivity index is 1.75. The van der Waals surface area contributed by atoms with Gasteiger partial charge in [0.25, 0.3) is 11.8 Å². The molecule has 1 atom stereocenters. The number of amides is 3. The van der Waals surface area contributed by atoms with Crippen LogP contribution >= 0.6 is 0 Å². The van der Waals surface area contributed by atoms with Gasteiger partial charge in [-0.05, 0) is 25.5 Å². The average Bonchev–Trinajstić information content (AvgIpc) is 3.01. The van der Waals surface area contributed by atoms with Crippen LogP contribution in [0, 0.1) is 0 Å². The Kier molecular flexibility index (Phi) is 4.16. The molecule has 0 radical (unpaired) electrons. The first kappa shape index (κ1) is 16.6. The van der Waals surface area contributed by atoms with E-state index in [4.69, 9.17) is 0 Å².